The number of hydrogen-bond acceptors (Lipinski definition) is 1. The monoisotopic (exact) mass is 279 g/mol. The molecule has 0 fully saturated rings. The lowest BCUT2D eigenvalue weighted by Gasteiger charge is -2.15. The van der Waals surface area contributed by atoms with Gasteiger partial charge in [0.15, 0.2) is 0 Å². The Morgan fingerprint density at radius 3 is 2.19 bits per heavy atom. The van der Waals surface area contributed by atoms with Crippen molar-refractivity contribution < 1.29 is 4.79 Å². The number of para-hydroxylation sites is 1. The van der Waals surface area contributed by atoms with Gasteiger partial charge in [-0.05, 0) is 37.5 Å². The highest BCUT2D eigenvalue weighted by atomic mass is 16.2. The Bertz CT molecular complexity index is 602. The molecule has 0 heterocycles. The van der Waals surface area contributed by atoms with Crippen LogP contribution >= 0.6 is 0 Å². The molecule has 0 bridgehead atoms. The number of anilines is 1. The van der Waals surface area contributed by atoms with Gasteiger partial charge in [-0.25, -0.2) is 0 Å². The summed E-state index contributed by atoms with van der Waals surface area (Å²) in [6.07, 6.45) is 3.60. The van der Waals surface area contributed by atoms with Crippen LogP contribution in [0.4, 0.5) is 5.69 Å². The second kappa shape index (κ2) is 7.44. The minimum absolute atomic E-state index is 0.0201. The Labute approximate surface area is 126 Å². The zero-order valence-electron chi connectivity index (χ0n) is 12.6. The second-order valence-electron chi connectivity index (χ2n) is 5.21. The van der Waals surface area contributed by atoms with Gasteiger partial charge in [0.2, 0.25) is 0 Å². The van der Waals surface area contributed by atoms with E-state index in [0.717, 1.165) is 24.1 Å². The van der Waals surface area contributed by atoms with E-state index < -0.39 is 0 Å². The maximum Gasteiger partial charge on any atom is 0.250 e. The average Bonchev–Trinajstić information content (AvgIpc) is 2.54. The van der Waals surface area contributed by atoms with Crippen LogP contribution in [-0.4, -0.2) is 13.0 Å². The molecule has 2 aromatic carbocycles. The first kappa shape index (κ1) is 15.0. The Balaban J connectivity index is 1.94. The third-order valence-electron chi connectivity index (χ3n) is 3.49. The maximum absolute atomic E-state index is 12.2. The number of aryl methyl sites for hydroxylation is 1. The molecule has 1 amide bonds. The number of benzene rings is 2. The predicted octanol–water partition coefficient (Wildman–Crippen LogP) is 4.23. The quantitative estimate of drug-likeness (QED) is 0.750. The molecular formula is C19H21NO. The molecule has 0 spiro atoms. The highest BCUT2D eigenvalue weighted by Crippen LogP contribution is 2.13. The van der Waals surface area contributed by atoms with Crippen LogP contribution in [0.5, 0.6) is 0 Å². The Morgan fingerprint density at radius 1 is 1.00 bits per heavy atom. The molecule has 0 saturated heterocycles. The lowest BCUT2D eigenvalue weighted by atomic mass is 10.1. The smallest absolute Gasteiger partial charge is 0.250 e. The van der Waals surface area contributed by atoms with Gasteiger partial charge in [-0.15, -0.1) is 0 Å². The van der Waals surface area contributed by atoms with Crippen molar-refractivity contribution in [1.82, 2.24) is 0 Å². The number of amides is 1. The zero-order chi connectivity index (χ0) is 15.1. The van der Waals surface area contributed by atoms with E-state index in [2.05, 4.69) is 12.1 Å². The van der Waals surface area contributed by atoms with Crippen LogP contribution in [0.1, 0.15) is 18.9 Å². The number of hydrogen-bond donors (Lipinski definition) is 0. The Kier molecular flexibility index (Phi) is 5.33. The summed E-state index contributed by atoms with van der Waals surface area (Å²) in [4.78, 5) is 13.9. The predicted molar refractivity (Wildman–Crippen MR) is 88.4 cm³/mol. The van der Waals surface area contributed by atoms with Gasteiger partial charge in [0, 0.05) is 18.8 Å². The summed E-state index contributed by atoms with van der Waals surface area (Å²) in [6.45, 7) is 2.01. The van der Waals surface area contributed by atoms with E-state index in [9.17, 15) is 4.79 Å². The molecule has 2 aromatic rings. The summed E-state index contributed by atoms with van der Waals surface area (Å²) in [5.74, 6) is 0.0201. The van der Waals surface area contributed by atoms with Crippen molar-refractivity contribution in [3.63, 3.8) is 0 Å². The SMILES string of the molecule is C/C(=C\C(=O)N(C)c1ccccc1)CCc1ccccc1. The Morgan fingerprint density at radius 2 is 1.57 bits per heavy atom. The van der Waals surface area contributed by atoms with Crippen LogP contribution < -0.4 is 4.90 Å². The lowest BCUT2D eigenvalue weighted by Crippen LogP contribution is -2.24. The molecule has 0 N–H and O–H groups in total. The van der Waals surface area contributed by atoms with E-state index in [0.29, 0.717) is 0 Å². The maximum atomic E-state index is 12.2. The molecule has 0 radical (unpaired) electrons. The lowest BCUT2D eigenvalue weighted by molar-refractivity contribution is -0.113. The van der Waals surface area contributed by atoms with Crippen molar-refractivity contribution in [3.05, 3.63) is 77.9 Å². The standard InChI is InChI=1S/C19H21NO/c1-16(13-14-17-9-5-3-6-10-17)15-19(21)20(2)18-11-7-4-8-12-18/h3-12,15H,13-14H2,1-2H3/b16-15+. The van der Waals surface area contributed by atoms with Crippen LogP contribution in [0, 0.1) is 0 Å². The molecular weight excluding hydrogens is 258 g/mol. The topological polar surface area (TPSA) is 20.3 Å². The fourth-order valence-electron chi connectivity index (χ4n) is 2.14. The van der Waals surface area contributed by atoms with E-state index >= 15 is 0 Å². The van der Waals surface area contributed by atoms with Crippen LogP contribution in [0.15, 0.2) is 72.3 Å². The molecule has 108 valence electrons. The molecule has 2 nitrogen and oxygen atoms in total. The molecule has 0 aliphatic rings. The van der Waals surface area contributed by atoms with Crippen molar-refractivity contribution in [3.8, 4) is 0 Å². The minimum Gasteiger partial charge on any atom is -0.312 e. The summed E-state index contributed by atoms with van der Waals surface area (Å²) in [7, 11) is 1.80. The molecule has 0 saturated carbocycles. The number of carbonyl (C=O) groups excluding carboxylic acids is 1. The van der Waals surface area contributed by atoms with Gasteiger partial charge in [0.25, 0.3) is 5.91 Å². The van der Waals surface area contributed by atoms with Gasteiger partial charge < -0.3 is 4.90 Å². The first-order valence-corrected chi connectivity index (χ1v) is 7.20. The van der Waals surface area contributed by atoms with Gasteiger partial charge in [-0.1, -0.05) is 54.1 Å². The van der Waals surface area contributed by atoms with Crippen LogP contribution in [0.3, 0.4) is 0 Å². The molecule has 0 aliphatic carbocycles. The van der Waals surface area contributed by atoms with Crippen molar-refractivity contribution in [2.24, 2.45) is 0 Å². The van der Waals surface area contributed by atoms with Crippen molar-refractivity contribution in [2.45, 2.75) is 19.8 Å². The van der Waals surface area contributed by atoms with Crippen molar-refractivity contribution in [2.75, 3.05) is 11.9 Å². The van der Waals surface area contributed by atoms with E-state index in [1.165, 1.54) is 5.56 Å². The largest absolute Gasteiger partial charge is 0.312 e. The number of carbonyl (C=O) groups is 1. The van der Waals surface area contributed by atoms with E-state index in [1.54, 1.807) is 18.0 Å². The molecule has 0 unspecified atom stereocenters. The fourth-order valence-corrected chi connectivity index (χ4v) is 2.14. The third kappa shape index (κ3) is 4.60. The molecule has 21 heavy (non-hydrogen) atoms. The molecule has 0 atom stereocenters. The van der Waals surface area contributed by atoms with Crippen LogP contribution in [0.2, 0.25) is 0 Å². The van der Waals surface area contributed by atoms with Gasteiger partial charge >= 0.3 is 0 Å². The summed E-state index contributed by atoms with van der Waals surface area (Å²) in [5.41, 5.74) is 3.32. The second-order valence-corrected chi connectivity index (χ2v) is 5.21. The van der Waals surface area contributed by atoms with E-state index in [4.69, 9.17) is 0 Å². The van der Waals surface area contributed by atoms with Gasteiger partial charge in [0.05, 0.1) is 0 Å². The zero-order valence-corrected chi connectivity index (χ0v) is 12.6. The molecule has 0 aromatic heterocycles. The fraction of sp³-hybridized carbons (Fsp3) is 0.211. The number of nitrogens with zero attached hydrogens (tertiary/aromatic N) is 1. The minimum atomic E-state index is 0.0201. The number of rotatable bonds is 5. The summed E-state index contributed by atoms with van der Waals surface area (Å²) in [5, 5.41) is 0. The first-order chi connectivity index (χ1) is 10.2. The highest BCUT2D eigenvalue weighted by Gasteiger charge is 2.07. The highest BCUT2D eigenvalue weighted by molar-refractivity contribution is 6.01. The molecule has 0 aliphatic heterocycles. The van der Waals surface area contributed by atoms with Crippen LogP contribution in [-0.2, 0) is 11.2 Å². The van der Waals surface area contributed by atoms with Crippen molar-refractivity contribution >= 4 is 11.6 Å². The first-order valence-electron chi connectivity index (χ1n) is 7.20. The van der Waals surface area contributed by atoms with Crippen LogP contribution in [0.25, 0.3) is 0 Å². The molecule has 2 heteroatoms. The van der Waals surface area contributed by atoms with E-state index in [-0.39, 0.29) is 5.91 Å². The van der Waals surface area contributed by atoms with E-state index in [1.807, 2.05) is 55.5 Å². The molecule has 2 rings (SSSR count). The van der Waals surface area contributed by atoms with Gasteiger partial charge in [-0.2, -0.15) is 0 Å². The van der Waals surface area contributed by atoms with Crippen molar-refractivity contribution in [1.29, 1.82) is 0 Å². The number of allylic oxidation sites excluding steroid dienone is 1. The number of likely N-dealkylation sites (N-methyl/N-ethyl adjacent to an activating group) is 1. The van der Waals surface area contributed by atoms with Gasteiger partial charge in [0.1, 0.15) is 0 Å². The Hall–Kier alpha value is -2.35. The summed E-state index contributed by atoms with van der Waals surface area (Å²) < 4.78 is 0. The average molecular weight is 279 g/mol. The van der Waals surface area contributed by atoms with Gasteiger partial charge in [-0.3, -0.25) is 4.79 Å². The summed E-state index contributed by atoms with van der Waals surface area (Å²) >= 11 is 0. The third-order valence-corrected chi connectivity index (χ3v) is 3.49. The normalized spacial score (nSPS) is 11.2. The summed E-state index contributed by atoms with van der Waals surface area (Å²) in [6, 6.07) is 20.0.